The molecule has 0 spiro atoms. The Morgan fingerprint density at radius 1 is 0.922 bits per heavy atom. The van der Waals surface area contributed by atoms with Crippen LogP contribution in [0.2, 0.25) is 0 Å². The molecule has 15 heteroatoms. The molecule has 3 N–H and O–H groups in total. The molecule has 3 aliphatic heterocycles. The molecule has 5 fully saturated rings. The third-order valence-electron chi connectivity index (χ3n) is 15.3. The van der Waals surface area contributed by atoms with Crippen molar-refractivity contribution in [2.24, 2.45) is 13.0 Å². The molecule has 64 heavy (non-hydrogen) atoms. The predicted molar refractivity (Wildman–Crippen MR) is 249 cm³/mol. The first-order chi connectivity index (χ1) is 31.1. The summed E-state index contributed by atoms with van der Waals surface area (Å²) in [5.74, 6) is 1.33. The number of carbonyl (C=O) groups is 2. The van der Waals surface area contributed by atoms with Crippen LogP contribution in [0.1, 0.15) is 133 Å². The number of aromatic nitrogens is 5. The number of ether oxygens (including phenoxy) is 1. The first-order valence-electron chi connectivity index (χ1n) is 24.7. The number of carbonyl (C=O) groups excluding carboxylic acids is 2. The highest BCUT2D eigenvalue weighted by Crippen LogP contribution is 2.42. The number of aryl methyl sites for hydroxylation is 1. The summed E-state index contributed by atoms with van der Waals surface area (Å²) in [5.41, 5.74) is 4.91. The summed E-state index contributed by atoms with van der Waals surface area (Å²) in [5, 5.41) is 17.4. The summed E-state index contributed by atoms with van der Waals surface area (Å²) in [6, 6.07) is 6.10. The second-order valence-corrected chi connectivity index (χ2v) is 20.0. The number of piperazine rings is 1. The van der Waals surface area contributed by atoms with Crippen molar-refractivity contribution in [2.75, 3.05) is 64.3 Å². The molecule has 6 heterocycles. The molecule has 9 rings (SSSR count). The molecule has 5 aliphatic rings. The Kier molecular flexibility index (Phi) is 14.2. The van der Waals surface area contributed by atoms with Gasteiger partial charge >= 0.3 is 5.69 Å². The van der Waals surface area contributed by atoms with Crippen LogP contribution in [0.15, 0.2) is 35.4 Å². The molecule has 15 nitrogen and oxygen atoms in total. The van der Waals surface area contributed by atoms with E-state index in [1.54, 1.807) is 16.2 Å². The van der Waals surface area contributed by atoms with Crippen molar-refractivity contribution in [1.82, 2.24) is 43.7 Å². The van der Waals surface area contributed by atoms with Crippen LogP contribution in [0.25, 0.3) is 22.1 Å². The number of amides is 2. The number of benzene rings is 1. The number of fused-ring (bicyclic) bond motifs is 2. The minimum atomic E-state index is -0.674. The second-order valence-electron chi connectivity index (χ2n) is 20.0. The summed E-state index contributed by atoms with van der Waals surface area (Å²) in [6.45, 7) is 14.7. The van der Waals surface area contributed by atoms with E-state index in [2.05, 4.69) is 68.3 Å². The fourth-order valence-electron chi connectivity index (χ4n) is 11.6. The van der Waals surface area contributed by atoms with E-state index in [1.165, 1.54) is 43.2 Å². The number of nitrogens with zero attached hydrogens (tertiary/aromatic N) is 8. The number of rotatable bonds is 16. The predicted octanol–water partition coefficient (Wildman–Crippen LogP) is 5.71. The van der Waals surface area contributed by atoms with E-state index < -0.39 is 11.9 Å². The molecule has 2 amide bonds. The fourth-order valence-corrected chi connectivity index (χ4v) is 11.6. The fraction of sp³-hybridized carbons (Fsp3) is 0.694. The third kappa shape index (κ3) is 10.1. The largest absolute Gasteiger partial charge is 0.393 e. The first-order valence-corrected chi connectivity index (χ1v) is 24.7. The molecule has 3 saturated heterocycles. The van der Waals surface area contributed by atoms with Crippen LogP contribution >= 0.6 is 0 Å². The van der Waals surface area contributed by atoms with Gasteiger partial charge in [-0.15, -0.1) is 0 Å². The average molecular weight is 881 g/mol. The van der Waals surface area contributed by atoms with Crippen molar-refractivity contribution < 1.29 is 19.4 Å². The minimum Gasteiger partial charge on any atom is -0.393 e. The number of anilines is 1. The van der Waals surface area contributed by atoms with Gasteiger partial charge in [-0.05, 0) is 119 Å². The molecule has 3 atom stereocenters. The second kappa shape index (κ2) is 20.2. The first kappa shape index (κ1) is 45.0. The van der Waals surface area contributed by atoms with E-state index in [0.29, 0.717) is 24.4 Å². The molecule has 1 unspecified atom stereocenters. The zero-order chi connectivity index (χ0) is 44.3. The Morgan fingerprint density at radius 3 is 2.47 bits per heavy atom. The van der Waals surface area contributed by atoms with Gasteiger partial charge in [0.15, 0.2) is 0 Å². The van der Waals surface area contributed by atoms with Crippen molar-refractivity contribution >= 4 is 39.8 Å². The van der Waals surface area contributed by atoms with Crippen molar-refractivity contribution in [2.45, 2.75) is 147 Å². The lowest BCUT2D eigenvalue weighted by molar-refractivity contribution is -0.135. The number of imidazole rings is 1. The van der Waals surface area contributed by atoms with Gasteiger partial charge in [0, 0.05) is 109 Å². The minimum absolute atomic E-state index is 0.172. The quantitative estimate of drug-likeness (QED) is 0.0937. The molecule has 348 valence electrons. The Morgan fingerprint density at radius 2 is 1.70 bits per heavy atom. The van der Waals surface area contributed by atoms with Gasteiger partial charge in [-0.1, -0.05) is 19.4 Å². The third-order valence-corrected chi connectivity index (χ3v) is 15.3. The highest BCUT2D eigenvalue weighted by molar-refractivity contribution is 6.00. The standard InChI is InChI=1S/C49H72N10O5/c1-4-6-33(2)51-48-50-28-40-41(32-58(46(40)53-48)37-12-14-38(60)15-13-37)36-10-7-34(8-11-36)29-56-24-22-55(23-25-56)20-5-26-64-39-19-21-57(31-39)30-35-9-16-42-44(27-35)54(3)49(63)59(42)43-17-18-45(61)52-47(43)62/h9,16,27-28,32-34,36-39,43,60H,4-8,10-15,17-26,29-31H2,1-3H3,(H,50,51,53)(H,52,61,62)/t33-,34-,36+,37-,38-,39+,43?/m1/s1. The van der Waals surface area contributed by atoms with Crippen LogP contribution in [0.4, 0.5) is 5.95 Å². The van der Waals surface area contributed by atoms with Gasteiger partial charge in [0.2, 0.25) is 17.8 Å². The van der Waals surface area contributed by atoms with Crippen molar-refractivity contribution in [1.29, 1.82) is 0 Å². The Bertz CT molecular complexity index is 2300. The van der Waals surface area contributed by atoms with Crippen LogP contribution in [-0.2, 0) is 27.9 Å². The average Bonchev–Trinajstić information content (AvgIpc) is 3.97. The van der Waals surface area contributed by atoms with Crippen molar-refractivity contribution in [3.8, 4) is 0 Å². The van der Waals surface area contributed by atoms with Crippen molar-refractivity contribution in [3.05, 3.63) is 52.2 Å². The summed E-state index contributed by atoms with van der Waals surface area (Å²) in [6.07, 6.45) is 18.1. The Labute approximate surface area is 377 Å². The molecular formula is C49H72N10O5. The lowest BCUT2D eigenvalue weighted by Gasteiger charge is -2.38. The maximum atomic E-state index is 13.2. The Hall–Kier alpha value is -4.15. The lowest BCUT2D eigenvalue weighted by Crippen LogP contribution is -2.48. The zero-order valence-electron chi connectivity index (χ0n) is 38.6. The molecule has 3 aromatic heterocycles. The highest BCUT2D eigenvalue weighted by Gasteiger charge is 2.33. The van der Waals surface area contributed by atoms with E-state index in [1.807, 2.05) is 6.07 Å². The number of hydrogen-bond donors (Lipinski definition) is 3. The van der Waals surface area contributed by atoms with Crippen molar-refractivity contribution in [3.63, 3.8) is 0 Å². The number of hydrogen-bond acceptors (Lipinski definition) is 11. The number of piperidine rings is 1. The SMILES string of the molecule is CCC[C@@H](C)Nc1ncc2c(n1)n([C@H]1CC[C@H](O)CC1)cc2[C@H]1CC[C@@H](CN2CCN(CCCO[C@H]3CCN(Cc4ccc5c(c4)n(C)c(=O)n5C4CCC(=O)NC4=O)C3)CC2)CC1. The molecule has 0 radical (unpaired) electrons. The van der Waals surface area contributed by atoms with E-state index >= 15 is 0 Å². The summed E-state index contributed by atoms with van der Waals surface area (Å²) in [7, 11) is 1.74. The summed E-state index contributed by atoms with van der Waals surface area (Å²) >= 11 is 0. The van der Waals surface area contributed by atoms with Gasteiger partial charge in [0.05, 0.1) is 23.2 Å². The molecule has 2 saturated carbocycles. The van der Waals surface area contributed by atoms with Gasteiger partial charge in [-0.2, -0.15) is 4.98 Å². The summed E-state index contributed by atoms with van der Waals surface area (Å²) < 4.78 is 12.0. The molecule has 1 aromatic carbocycles. The topological polar surface area (TPSA) is 155 Å². The van der Waals surface area contributed by atoms with Crippen LogP contribution in [-0.4, -0.2) is 133 Å². The number of imide groups is 1. The Balaban J connectivity index is 0.689. The molecule has 4 aromatic rings. The van der Waals surface area contributed by atoms with Crippen LogP contribution in [0, 0.1) is 5.92 Å². The van der Waals surface area contributed by atoms with Gasteiger partial charge in [0.1, 0.15) is 11.7 Å². The number of aliphatic hydroxyl groups is 1. The maximum absolute atomic E-state index is 13.2. The maximum Gasteiger partial charge on any atom is 0.329 e. The lowest BCUT2D eigenvalue weighted by atomic mass is 9.78. The number of aliphatic hydroxyl groups excluding tert-OH is 1. The highest BCUT2D eigenvalue weighted by atomic mass is 16.5. The normalized spacial score (nSPS) is 27.1. The molecular weight excluding hydrogens is 809 g/mol. The molecule has 0 bridgehead atoms. The summed E-state index contributed by atoms with van der Waals surface area (Å²) in [4.78, 5) is 55.2. The van der Waals surface area contributed by atoms with Crippen LogP contribution < -0.4 is 16.3 Å². The van der Waals surface area contributed by atoms with E-state index in [4.69, 9.17) is 14.7 Å². The van der Waals surface area contributed by atoms with Gasteiger partial charge in [0.25, 0.3) is 0 Å². The van der Waals surface area contributed by atoms with Gasteiger partial charge < -0.3 is 29.5 Å². The van der Waals surface area contributed by atoms with Crippen LogP contribution in [0.5, 0.6) is 0 Å². The van der Waals surface area contributed by atoms with Gasteiger partial charge in [-0.25, -0.2) is 9.78 Å². The zero-order valence-corrected chi connectivity index (χ0v) is 38.6. The van der Waals surface area contributed by atoms with E-state index in [-0.39, 0.29) is 30.2 Å². The van der Waals surface area contributed by atoms with Gasteiger partial charge in [-0.3, -0.25) is 28.9 Å². The van der Waals surface area contributed by atoms with E-state index in [9.17, 15) is 19.5 Å². The number of likely N-dealkylation sites (tertiary alicyclic amines) is 1. The monoisotopic (exact) mass is 881 g/mol. The van der Waals surface area contributed by atoms with E-state index in [0.717, 1.165) is 144 Å². The molecule has 2 aliphatic carbocycles. The number of nitrogens with one attached hydrogen (secondary N) is 2. The van der Waals surface area contributed by atoms with Crippen LogP contribution in [0.3, 0.4) is 0 Å². The smallest absolute Gasteiger partial charge is 0.329 e.